The van der Waals surface area contributed by atoms with Crippen LogP contribution in [0.25, 0.3) is 0 Å². The van der Waals surface area contributed by atoms with Gasteiger partial charge < -0.3 is 5.32 Å². The number of halogens is 1. The predicted octanol–water partition coefficient (Wildman–Crippen LogP) is 3.87. The maximum absolute atomic E-state index is 11.9. The first-order chi connectivity index (χ1) is 10.6. The zero-order valence-corrected chi connectivity index (χ0v) is 13.8. The van der Waals surface area contributed by atoms with Gasteiger partial charge in [0.25, 0.3) is 5.69 Å². The molecule has 114 valence electrons. The quantitative estimate of drug-likeness (QED) is 0.466. The van der Waals surface area contributed by atoms with Gasteiger partial charge in [-0.25, -0.2) is 4.98 Å². The van der Waals surface area contributed by atoms with Crippen LogP contribution in [0.2, 0.25) is 0 Å². The fourth-order valence-electron chi connectivity index (χ4n) is 1.67. The highest BCUT2D eigenvalue weighted by molar-refractivity contribution is 9.10. The van der Waals surface area contributed by atoms with E-state index in [4.69, 9.17) is 0 Å². The average molecular weight is 382 g/mol. The van der Waals surface area contributed by atoms with Gasteiger partial charge in [0, 0.05) is 28.9 Å². The second kappa shape index (κ2) is 7.90. The van der Waals surface area contributed by atoms with Gasteiger partial charge in [0.15, 0.2) is 0 Å². The summed E-state index contributed by atoms with van der Waals surface area (Å²) in [7, 11) is 0. The molecule has 1 aromatic heterocycles. The summed E-state index contributed by atoms with van der Waals surface area (Å²) >= 11 is 4.83. The Hall–Kier alpha value is -1.93. The number of nitrogens with zero attached hydrogens (tertiary/aromatic N) is 2. The topological polar surface area (TPSA) is 85.1 Å². The fourth-order valence-corrected chi connectivity index (χ4v) is 3.09. The van der Waals surface area contributed by atoms with E-state index in [2.05, 4.69) is 26.2 Å². The van der Waals surface area contributed by atoms with Crippen molar-refractivity contribution in [2.24, 2.45) is 0 Å². The first-order valence-electron chi connectivity index (χ1n) is 6.34. The lowest BCUT2D eigenvalue weighted by Crippen LogP contribution is -2.13. The Morgan fingerprint density at radius 3 is 2.82 bits per heavy atom. The SMILES string of the molecule is O=C(CCSc1ncccc1Br)Nc1ccccc1[N+](=O)[O-]. The Balaban J connectivity index is 1.89. The number of nitrogens with one attached hydrogen (secondary N) is 1. The van der Waals surface area contributed by atoms with Gasteiger partial charge in [-0.2, -0.15) is 0 Å². The molecule has 0 saturated heterocycles. The van der Waals surface area contributed by atoms with Crippen LogP contribution in [0.1, 0.15) is 6.42 Å². The van der Waals surface area contributed by atoms with E-state index in [1.54, 1.807) is 18.3 Å². The highest BCUT2D eigenvalue weighted by Crippen LogP contribution is 2.26. The predicted molar refractivity (Wildman–Crippen MR) is 89.0 cm³/mol. The maximum Gasteiger partial charge on any atom is 0.292 e. The minimum atomic E-state index is -0.518. The Bertz CT molecular complexity index is 697. The third kappa shape index (κ3) is 4.54. The molecule has 0 aliphatic carbocycles. The lowest BCUT2D eigenvalue weighted by atomic mass is 10.2. The summed E-state index contributed by atoms with van der Waals surface area (Å²) < 4.78 is 0.874. The average Bonchev–Trinajstić information content (AvgIpc) is 2.49. The number of anilines is 1. The Morgan fingerprint density at radius 2 is 2.09 bits per heavy atom. The number of para-hydroxylation sites is 2. The standard InChI is InChI=1S/C14H12BrN3O3S/c15-10-4-3-8-16-14(10)22-9-7-13(19)17-11-5-1-2-6-12(11)18(20)21/h1-6,8H,7,9H2,(H,17,19). The maximum atomic E-state index is 11.9. The Labute approximate surface area is 139 Å². The number of benzene rings is 1. The fraction of sp³-hybridized carbons (Fsp3) is 0.143. The van der Waals surface area contributed by atoms with Crippen LogP contribution < -0.4 is 5.32 Å². The van der Waals surface area contributed by atoms with Crippen molar-refractivity contribution in [3.05, 3.63) is 57.2 Å². The molecule has 0 bridgehead atoms. The molecule has 22 heavy (non-hydrogen) atoms. The minimum absolute atomic E-state index is 0.115. The highest BCUT2D eigenvalue weighted by atomic mass is 79.9. The molecule has 0 spiro atoms. The van der Waals surface area contributed by atoms with E-state index >= 15 is 0 Å². The van der Waals surface area contributed by atoms with Crippen LogP contribution in [-0.2, 0) is 4.79 Å². The van der Waals surface area contributed by atoms with E-state index in [9.17, 15) is 14.9 Å². The van der Waals surface area contributed by atoms with Gasteiger partial charge in [-0.1, -0.05) is 12.1 Å². The van der Waals surface area contributed by atoms with Crippen LogP contribution in [0.4, 0.5) is 11.4 Å². The third-order valence-electron chi connectivity index (χ3n) is 2.67. The molecule has 0 aliphatic heterocycles. The summed E-state index contributed by atoms with van der Waals surface area (Å²) in [6.07, 6.45) is 1.92. The number of pyridine rings is 1. The van der Waals surface area contributed by atoms with E-state index < -0.39 is 4.92 Å². The first kappa shape index (κ1) is 16.4. The van der Waals surface area contributed by atoms with Gasteiger partial charge >= 0.3 is 0 Å². The highest BCUT2D eigenvalue weighted by Gasteiger charge is 2.14. The van der Waals surface area contributed by atoms with Gasteiger partial charge in [0.2, 0.25) is 5.91 Å². The number of aromatic nitrogens is 1. The first-order valence-corrected chi connectivity index (χ1v) is 8.12. The zero-order chi connectivity index (χ0) is 15.9. The molecule has 1 aromatic carbocycles. The summed E-state index contributed by atoms with van der Waals surface area (Å²) in [5, 5.41) is 14.2. The second-order valence-corrected chi connectivity index (χ2v) is 6.15. The molecule has 1 heterocycles. The Kier molecular flexibility index (Phi) is 5.91. The molecular formula is C14H12BrN3O3S. The minimum Gasteiger partial charge on any atom is -0.320 e. The van der Waals surface area contributed by atoms with E-state index in [1.165, 1.54) is 23.9 Å². The molecule has 0 saturated carbocycles. The van der Waals surface area contributed by atoms with Gasteiger partial charge in [0.05, 0.1) is 4.92 Å². The zero-order valence-electron chi connectivity index (χ0n) is 11.4. The molecule has 8 heteroatoms. The summed E-state index contributed by atoms with van der Waals surface area (Å²) in [4.78, 5) is 26.4. The van der Waals surface area contributed by atoms with Crippen LogP contribution in [0.5, 0.6) is 0 Å². The van der Waals surface area contributed by atoms with Gasteiger partial charge in [0.1, 0.15) is 10.7 Å². The number of rotatable bonds is 6. The van der Waals surface area contributed by atoms with Crippen LogP contribution in [-0.4, -0.2) is 21.6 Å². The molecule has 0 atom stereocenters. The van der Waals surface area contributed by atoms with Crippen molar-refractivity contribution in [3.63, 3.8) is 0 Å². The van der Waals surface area contributed by atoms with Crippen molar-refractivity contribution in [2.45, 2.75) is 11.4 Å². The van der Waals surface area contributed by atoms with Crippen LogP contribution in [0.15, 0.2) is 52.1 Å². The third-order valence-corrected chi connectivity index (χ3v) is 4.58. The molecular weight excluding hydrogens is 370 g/mol. The van der Waals surface area contributed by atoms with Crippen LogP contribution in [0, 0.1) is 10.1 Å². The number of hydrogen-bond donors (Lipinski definition) is 1. The van der Waals surface area contributed by atoms with Crippen molar-refractivity contribution in [1.82, 2.24) is 4.98 Å². The van der Waals surface area contributed by atoms with Crippen molar-refractivity contribution >= 4 is 45.0 Å². The molecule has 1 N–H and O–H groups in total. The number of carbonyl (C=O) groups is 1. The van der Waals surface area contributed by atoms with Crippen molar-refractivity contribution < 1.29 is 9.72 Å². The number of nitro benzene ring substituents is 1. The van der Waals surface area contributed by atoms with Crippen molar-refractivity contribution in [2.75, 3.05) is 11.1 Å². The summed E-state index contributed by atoms with van der Waals surface area (Å²) in [6.45, 7) is 0. The molecule has 2 rings (SSSR count). The number of amides is 1. The van der Waals surface area contributed by atoms with Crippen LogP contribution in [0.3, 0.4) is 0 Å². The van der Waals surface area contributed by atoms with Gasteiger partial charge in [-0.15, -0.1) is 11.8 Å². The monoisotopic (exact) mass is 381 g/mol. The molecule has 6 nitrogen and oxygen atoms in total. The summed E-state index contributed by atoms with van der Waals surface area (Å²) in [5.74, 6) is 0.260. The number of hydrogen-bond acceptors (Lipinski definition) is 5. The van der Waals surface area contributed by atoms with Crippen molar-refractivity contribution in [3.8, 4) is 0 Å². The molecule has 0 radical (unpaired) electrons. The molecule has 0 fully saturated rings. The summed E-state index contributed by atoms with van der Waals surface area (Å²) in [6, 6.07) is 9.76. The number of nitro groups is 1. The van der Waals surface area contributed by atoms with Crippen molar-refractivity contribution in [1.29, 1.82) is 0 Å². The van der Waals surface area contributed by atoms with E-state index in [0.29, 0.717) is 5.75 Å². The van der Waals surface area contributed by atoms with Gasteiger partial charge in [-0.05, 0) is 34.1 Å². The van der Waals surface area contributed by atoms with E-state index in [1.807, 2.05) is 12.1 Å². The number of thioether (sulfide) groups is 1. The Morgan fingerprint density at radius 1 is 1.32 bits per heavy atom. The van der Waals surface area contributed by atoms with Gasteiger partial charge in [-0.3, -0.25) is 14.9 Å². The van der Waals surface area contributed by atoms with Crippen LogP contribution >= 0.6 is 27.7 Å². The lowest BCUT2D eigenvalue weighted by molar-refractivity contribution is -0.383. The molecule has 1 amide bonds. The molecule has 0 aliphatic rings. The molecule has 2 aromatic rings. The second-order valence-electron chi connectivity index (χ2n) is 4.21. The van der Waals surface area contributed by atoms with E-state index in [-0.39, 0.29) is 23.7 Å². The summed E-state index contributed by atoms with van der Waals surface area (Å²) in [5.41, 5.74) is 0.0949. The normalized spacial score (nSPS) is 10.2. The molecule has 0 unspecified atom stereocenters. The van der Waals surface area contributed by atoms with E-state index in [0.717, 1.165) is 9.50 Å². The largest absolute Gasteiger partial charge is 0.320 e. The number of carbonyl (C=O) groups excluding carboxylic acids is 1. The smallest absolute Gasteiger partial charge is 0.292 e. The lowest BCUT2D eigenvalue weighted by Gasteiger charge is -2.06.